The Labute approximate surface area is 106 Å². The molecule has 0 bridgehead atoms. The molecule has 0 spiro atoms. The fraction of sp³-hybridized carbons (Fsp3) is 0.357. The summed E-state index contributed by atoms with van der Waals surface area (Å²) in [5.74, 6) is -0.772. The second-order valence-electron chi connectivity index (χ2n) is 4.54. The molecular formula is C14H15NO3. The number of rotatable bonds is 4. The van der Waals surface area contributed by atoms with Crippen LogP contribution in [-0.4, -0.2) is 29.0 Å². The van der Waals surface area contributed by atoms with E-state index in [4.69, 9.17) is 0 Å². The highest BCUT2D eigenvalue weighted by molar-refractivity contribution is 6.22. The monoisotopic (exact) mass is 245 g/mol. The van der Waals surface area contributed by atoms with Gasteiger partial charge in [0, 0.05) is 0 Å². The Balaban J connectivity index is 2.41. The number of carbonyl (C=O) groups excluding carboxylic acids is 3. The topological polar surface area (TPSA) is 54.5 Å². The molecule has 18 heavy (non-hydrogen) atoms. The minimum Gasteiger partial charge on any atom is -0.301 e. The number of benzene rings is 1. The number of aldehydes is 1. The molecule has 94 valence electrons. The number of hydrogen-bond donors (Lipinski definition) is 0. The maximum absolute atomic E-state index is 12.2. The van der Waals surface area contributed by atoms with Crippen molar-refractivity contribution in [1.29, 1.82) is 0 Å². The quantitative estimate of drug-likeness (QED) is 0.601. The molecule has 0 saturated carbocycles. The summed E-state index contributed by atoms with van der Waals surface area (Å²) in [7, 11) is 0. The van der Waals surface area contributed by atoms with Crippen molar-refractivity contribution >= 4 is 18.1 Å². The highest BCUT2D eigenvalue weighted by atomic mass is 16.2. The first-order valence-electron chi connectivity index (χ1n) is 6.04. The van der Waals surface area contributed by atoms with Crippen LogP contribution in [0.3, 0.4) is 0 Å². The van der Waals surface area contributed by atoms with Crippen molar-refractivity contribution in [3.8, 4) is 0 Å². The third-order valence-corrected chi connectivity index (χ3v) is 3.49. The molecule has 2 rings (SSSR count). The number of amides is 2. The summed E-state index contributed by atoms with van der Waals surface area (Å²) in [5, 5.41) is 0. The molecule has 1 aliphatic rings. The van der Waals surface area contributed by atoms with Gasteiger partial charge >= 0.3 is 0 Å². The van der Waals surface area contributed by atoms with E-state index in [2.05, 4.69) is 0 Å². The van der Waals surface area contributed by atoms with Crippen molar-refractivity contribution in [2.75, 3.05) is 0 Å². The molecule has 0 N–H and O–H groups in total. The van der Waals surface area contributed by atoms with Crippen molar-refractivity contribution in [1.82, 2.24) is 4.90 Å². The van der Waals surface area contributed by atoms with Crippen LogP contribution in [0.5, 0.6) is 0 Å². The van der Waals surface area contributed by atoms with E-state index < -0.39 is 6.04 Å². The maximum Gasteiger partial charge on any atom is 0.262 e. The first-order chi connectivity index (χ1) is 8.61. The summed E-state index contributed by atoms with van der Waals surface area (Å²) in [6.07, 6.45) is 1.42. The van der Waals surface area contributed by atoms with Gasteiger partial charge in [0.1, 0.15) is 6.29 Å². The van der Waals surface area contributed by atoms with Crippen LogP contribution in [-0.2, 0) is 4.79 Å². The Morgan fingerprint density at radius 3 is 2.06 bits per heavy atom. The van der Waals surface area contributed by atoms with Crippen LogP contribution in [0.1, 0.15) is 41.0 Å². The average Bonchev–Trinajstić information content (AvgIpc) is 2.65. The SMILES string of the molecule is CCC(C)[C@@H](C=O)N1C(=O)c2ccccc2C1=O. The standard InChI is InChI=1S/C14H15NO3/c1-3-9(2)12(8-16)15-13(17)10-6-4-5-7-11(10)14(15)18/h4-9,12H,3H2,1-2H3/t9?,12-/m1/s1. The lowest BCUT2D eigenvalue weighted by Gasteiger charge is -2.25. The largest absolute Gasteiger partial charge is 0.301 e. The Bertz CT molecular complexity index is 475. The van der Waals surface area contributed by atoms with Crippen molar-refractivity contribution in [2.24, 2.45) is 5.92 Å². The number of carbonyl (C=O) groups is 3. The molecule has 1 aliphatic heterocycles. The summed E-state index contributed by atoms with van der Waals surface area (Å²) in [6.45, 7) is 3.79. The molecule has 0 aliphatic carbocycles. The molecule has 0 fully saturated rings. The van der Waals surface area contributed by atoms with Gasteiger partial charge in [-0.05, 0) is 18.1 Å². The summed E-state index contributed by atoms with van der Waals surface area (Å²) in [5.41, 5.74) is 0.773. The fourth-order valence-electron chi connectivity index (χ4n) is 2.17. The third kappa shape index (κ3) is 1.74. The molecule has 1 heterocycles. The Kier molecular flexibility index (Phi) is 3.28. The lowest BCUT2D eigenvalue weighted by Crippen LogP contribution is -2.44. The number of fused-ring (bicyclic) bond motifs is 1. The third-order valence-electron chi connectivity index (χ3n) is 3.49. The van der Waals surface area contributed by atoms with Gasteiger partial charge in [-0.25, -0.2) is 0 Å². The van der Waals surface area contributed by atoms with Crippen molar-refractivity contribution in [2.45, 2.75) is 26.3 Å². The van der Waals surface area contributed by atoms with Gasteiger partial charge in [0.05, 0.1) is 17.2 Å². The zero-order valence-corrected chi connectivity index (χ0v) is 10.4. The highest BCUT2D eigenvalue weighted by Crippen LogP contribution is 2.27. The molecule has 0 aromatic heterocycles. The number of imide groups is 1. The molecule has 0 saturated heterocycles. The summed E-state index contributed by atoms with van der Waals surface area (Å²) in [4.78, 5) is 36.6. The molecule has 4 heteroatoms. The van der Waals surface area contributed by atoms with Crippen molar-refractivity contribution in [3.05, 3.63) is 35.4 Å². The van der Waals surface area contributed by atoms with Gasteiger partial charge in [-0.2, -0.15) is 0 Å². The van der Waals surface area contributed by atoms with Gasteiger partial charge in [-0.1, -0.05) is 32.4 Å². The zero-order chi connectivity index (χ0) is 13.3. The van der Waals surface area contributed by atoms with E-state index in [-0.39, 0.29) is 17.7 Å². The Hall–Kier alpha value is -1.97. The van der Waals surface area contributed by atoms with Crippen LogP contribution >= 0.6 is 0 Å². The molecular weight excluding hydrogens is 230 g/mol. The van der Waals surface area contributed by atoms with Gasteiger partial charge < -0.3 is 4.79 Å². The zero-order valence-electron chi connectivity index (χ0n) is 10.4. The summed E-state index contributed by atoms with van der Waals surface area (Å²) < 4.78 is 0. The van der Waals surface area contributed by atoms with E-state index in [9.17, 15) is 14.4 Å². The van der Waals surface area contributed by atoms with Gasteiger partial charge in [0.2, 0.25) is 0 Å². The van der Waals surface area contributed by atoms with E-state index in [0.29, 0.717) is 17.4 Å². The smallest absolute Gasteiger partial charge is 0.262 e. The summed E-state index contributed by atoms with van der Waals surface area (Å²) in [6, 6.07) is 5.99. The van der Waals surface area contributed by atoms with E-state index in [0.717, 1.165) is 11.3 Å². The molecule has 1 unspecified atom stereocenters. The van der Waals surface area contributed by atoms with Crippen LogP contribution in [0.15, 0.2) is 24.3 Å². The first-order valence-corrected chi connectivity index (χ1v) is 6.04. The van der Waals surface area contributed by atoms with Crippen LogP contribution < -0.4 is 0 Å². The van der Waals surface area contributed by atoms with E-state index in [1.165, 1.54) is 0 Å². The number of nitrogens with zero attached hydrogens (tertiary/aromatic N) is 1. The molecule has 2 amide bonds. The van der Waals surface area contributed by atoms with Gasteiger partial charge in [-0.15, -0.1) is 0 Å². The van der Waals surface area contributed by atoms with Crippen molar-refractivity contribution < 1.29 is 14.4 Å². The lowest BCUT2D eigenvalue weighted by atomic mass is 9.99. The average molecular weight is 245 g/mol. The molecule has 1 aromatic rings. The second-order valence-corrected chi connectivity index (χ2v) is 4.54. The molecule has 2 atom stereocenters. The first kappa shape index (κ1) is 12.5. The summed E-state index contributed by atoms with van der Waals surface area (Å²) >= 11 is 0. The van der Waals surface area contributed by atoms with E-state index in [1.54, 1.807) is 24.3 Å². The normalized spacial score (nSPS) is 17.6. The number of hydrogen-bond acceptors (Lipinski definition) is 3. The predicted molar refractivity (Wildman–Crippen MR) is 66.2 cm³/mol. The van der Waals surface area contributed by atoms with Gasteiger partial charge in [-0.3, -0.25) is 14.5 Å². The molecule has 4 nitrogen and oxygen atoms in total. The van der Waals surface area contributed by atoms with Crippen molar-refractivity contribution in [3.63, 3.8) is 0 Å². The second kappa shape index (κ2) is 4.72. The van der Waals surface area contributed by atoms with Crippen LogP contribution in [0.2, 0.25) is 0 Å². The van der Waals surface area contributed by atoms with E-state index >= 15 is 0 Å². The Morgan fingerprint density at radius 2 is 1.67 bits per heavy atom. The van der Waals surface area contributed by atoms with E-state index in [1.807, 2.05) is 13.8 Å². The van der Waals surface area contributed by atoms with Gasteiger partial charge in [0.25, 0.3) is 11.8 Å². The van der Waals surface area contributed by atoms with Gasteiger partial charge in [0.15, 0.2) is 0 Å². The van der Waals surface area contributed by atoms with Crippen LogP contribution in [0.25, 0.3) is 0 Å². The Morgan fingerprint density at radius 1 is 1.17 bits per heavy atom. The predicted octanol–water partition coefficient (Wildman–Crippen LogP) is 1.90. The molecule has 1 aromatic carbocycles. The fourth-order valence-corrected chi connectivity index (χ4v) is 2.17. The molecule has 0 radical (unpaired) electrons. The van der Waals surface area contributed by atoms with Crippen LogP contribution in [0, 0.1) is 5.92 Å². The maximum atomic E-state index is 12.2. The lowest BCUT2D eigenvalue weighted by molar-refractivity contribution is -0.112. The minimum atomic E-state index is -0.678. The minimum absolute atomic E-state index is 0.0373. The van der Waals surface area contributed by atoms with Crippen LogP contribution in [0.4, 0.5) is 0 Å². The highest BCUT2D eigenvalue weighted by Gasteiger charge is 2.41.